The van der Waals surface area contributed by atoms with Crippen molar-refractivity contribution in [1.29, 1.82) is 0 Å². The van der Waals surface area contributed by atoms with Gasteiger partial charge in [0, 0.05) is 18.7 Å². The van der Waals surface area contributed by atoms with Gasteiger partial charge in [0.1, 0.15) is 0 Å². The molecular formula is C20H23NO3S. The lowest BCUT2D eigenvalue weighted by Gasteiger charge is -2.29. The van der Waals surface area contributed by atoms with Gasteiger partial charge in [-0.1, -0.05) is 49.4 Å². The van der Waals surface area contributed by atoms with E-state index in [0.29, 0.717) is 19.4 Å². The van der Waals surface area contributed by atoms with Gasteiger partial charge < -0.3 is 4.90 Å². The van der Waals surface area contributed by atoms with Gasteiger partial charge in [0.05, 0.1) is 11.5 Å². The molecule has 1 heterocycles. The maximum absolute atomic E-state index is 12.5. The molecule has 0 aromatic heterocycles. The van der Waals surface area contributed by atoms with Crippen LogP contribution in [-0.2, 0) is 32.6 Å². The van der Waals surface area contributed by atoms with Gasteiger partial charge in [-0.15, -0.1) is 0 Å². The molecule has 1 aliphatic heterocycles. The van der Waals surface area contributed by atoms with E-state index >= 15 is 0 Å². The van der Waals surface area contributed by atoms with Crippen molar-refractivity contribution < 1.29 is 13.2 Å². The summed E-state index contributed by atoms with van der Waals surface area (Å²) >= 11 is 0. The molecule has 0 saturated carbocycles. The van der Waals surface area contributed by atoms with Gasteiger partial charge in [0.25, 0.3) is 0 Å². The lowest BCUT2D eigenvalue weighted by atomic mass is 9.99. The van der Waals surface area contributed by atoms with Gasteiger partial charge in [0.15, 0.2) is 9.84 Å². The highest BCUT2D eigenvalue weighted by atomic mass is 32.2. The van der Waals surface area contributed by atoms with Crippen LogP contribution < -0.4 is 4.90 Å². The van der Waals surface area contributed by atoms with E-state index in [2.05, 4.69) is 0 Å². The molecule has 0 saturated heterocycles. The lowest BCUT2D eigenvalue weighted by Crippen LogP contribution is -2.35. The summed E-state index contributed by atoms with van der Waals surface area (Å²) in [5.41, 5.74) is 3.60. The van der Waals surface area contributed by atoms with Gasteiger partial charge in [-0.05, 0) is 35.6 Å². The molecule has 4 nitrogen and oxygen atoms in total. The predicted molar refractivity (Wildman–Crippen MR) is 100 cm³/mol. The number of fused-ring (bicyclic) bond motifs is 1. The van der Waals surface area contributed by atoms with Crippen molar-refractivity contribution in [2.75, 3.05) is 11.4 Å². The van der Waals surface area contributed by atoms with Crippen LogP contribution in [0.25, 0.3) is 0 Å². The zero-order chi connectivity index (χ0) is 17.9. The van der Waals surface area contributed by atoms with E-state index in [9.17, 15) is 13.2 Å². The molecule has 2 aromatic carbocycles. The molecule has 3 rings (SSSR count). The fourth-order valence-electron chi connectivity index (χ4n) is 3.30. The van der Waals surface area contributed by atoms with E-state index in [1.54, 1.807) is 0 Å². The van der Waals surface area contributed by atoms with Gasteiger partial charge in [-0.25, -0.2) is 8.42 Å². The largest absolute Gasteiger partial charge is 0.312 e. The first kappa shape index (κ1) is 17.7. The third-order valence-corrected chi connectivity index (χ3v) is 5.95. The van der Waals surface area contributed by atoms with Crippen LogP contribution in [0.2, 0.25) is 0 Å². The molecular weight excluding hydrogens is 334 g/mol. The van der Waals surface area contributed by atoms with Crippen LogP contribution in [0, 0.1) is 0 Å². The van der Waals surface area contributed by atoms with E-state index in [-0.39, 0.29) is 17.4 Å². The Morgan fingerprint density at radius 3 is 2.40 bits per heavy atom. The topological polar surface area (TPSA) is 54.5 Å². The maximum atomic E-state index is 12.5. The Kier molecular flexibility index (Phi) is 5.23. The molecule has 0 unspecified atom stereocenters. The van der Waals surface area contributed by atoms with Crippen LogP contribution in [-0.4, -0.2) is 20.9 Å². The minimum Gasteiger partial charge on any atom is -0.312 e. The minimum absolute atomic E-state index is 0.0247. The maximum Gasteiger partial charge on any atom is 0.227 e. The quantitative estimate of drug-likeness (QED) is 0.795. The SMILES string of the molecule is CCCN1C(=O)CCc2cc(CS(=O)(=O)Cc3ccccc3)ccc21. The molecule has 0 radical (unpaired) electrons. The van der Waals surface area contributed by atoms with Crippen molar-refractivity contribution in [1.82, 2.24) is 0 Å². The summed E-state index contributed by atoms with van der Waals surface area (Å²) in [6.07, 6.45) is 2.08. The summed E-state index contributed by atoms with van der Waals surface area (Å²) < 4.78 is 25.0. The van der Waals surface area contributed by atoms with E-state index in [1.807, 2.05) is 60.4 Å². The molecule has 5 heteroatoms. The van der Waals surface area contributed by atoms with E-state index in [1.165, 1.54) is 0 Å². The van der Waals surface area contributed by atoms with Gasteiger partial charge in [-0.3, -0.25) is 4.79 Å². The molecule has 1 aliphatic rings. The summed E-state index contributed by atoms with van der Waals surface area (Å²) in [4.78, 5) is 13.9. The normalized spacial score (nSPS) is 14.4. The number of hydrogen-bond acceptors (Lipinski definition) is 3. The van der Waals surface area contributed by atoms with Crippen molar-refractivity contribution in [2.24, 2.45) is 0 Å². The molecule has 0 fully saturated rings. The highest BCUT2D eigenvalue weighted by Crippen LogP contribution is 2.29. The second-order valence-corrected chi connectivity index (χ2v) is 8.59. The molecule has 0 bridgehead atoms. The minimum atomic E-state index is -3.23. The standard InChI is InChI=1S/C20H23NO3S/c1-2-12-21-19-10-8-17(13-18(19)9-11-20(21)22)15-25(23,24)14-16-6-4-3-5-7-16/h3-8,10,13H,2,9,11-12,14-15H2,1H3. The molecule has 25 heavy (non-hydrogen) atoms. The number of benzene rings is 2. The second kappa shape index (κ2) is 7.40. The summed E-state index contributed by atoms with van der Waals surface area (Å²) in [5, 5.41) is 0. The summed E-state index contributed by atoms with van der Waals surface area (Å²) in [5.74, 6) is 0.223. The molecule has 132 valence electrons. The van der Waals surface area contributed by atoms with Crippen molar-refractivity contribution in [2.45, 2.75) is 37.7 Å². The first-order valence-corrected chi connectivity index (χ1v) is 10.5. The summed E-state index contributed by atoms with van der Waals surface area (Å²) in [7, 11) is -3.23. The van der Waals surface area contributed by atoms with Crippen LogP contribution in [0.3, 0.4) is 0 Å². The number of carbonyl (C=O) groups is 1. The first-order chi connectivity index (χ1) is 12.0. The van der Waals surface area contributed by atoms with Crippen molar-refractivity contribution >= 4 is 21.4 Å². The molecule has 2 aromatic rings. The number of aryl methyl sites for hydroxylation is 1. The summed E-state index contributed by atoms with van der Waals surface area (Å²) in [6.45, 7) is 2.75. The number of sulfone groups is 1. The highest BCUT2D eigenvalue weighted by molar-refractivity contribution is 7.89. The van der Waals surface area contributed by atoms with Gasteiger partial charge in [-0.2, -0.15) is 0 Å². The average molecular weight is 357 g/mol. The number of amides is 1. The highest BCUT2D eigenvalue weighted by Gasteiger charge is 2.24. The van der Waals surface area contributed by atoms with E-state index in [4.69, 9.17) is 0 Å². The van der Waals surface area contributed by atoms with Gasteiger partial charge >= 0.3 is 0 Å². The molecule has 0 aliphatic carbocycles. The zero-order valence-corrected chi connectivity index (χ0v) is 15.3. The Morgan fingerprint density at radius 2 is 1.68 bits per heavy atom. The number of anilines is 1. The molecule has 1 amide bonds. The third-order valence-electron chi connectivity index (χ3n) is 4.41. The molecule has 0 spiro atoms. The van der Waals surface area contributed by atoms with Gasteiger partial charge in [0.2, 0.25) is 5.91 Å². The van der Waals surface area contributed by atoms with Crippen LogP contribution in [0.4, 0.5) is 5.69 Å². The average Bonchev–Trinajstić information content (AvgIpc) is 2.57. The number of hydrogen-bond donors (Lipinski definition) is 0. The Bertz CT molecular complexity index is 860. The van der Waals surface area contributed by atoms with E-state index < -0.39 is 9.84 Å². The Morgan fingerprint density at radius 1 is 0.960 bits per heavy atom. The lowest BCUT2D eigenvalue weighted by molar-refractivity contribution is -0.118. The fourth-order valence-corrected chi connectivity index (χ4v) is 4.79. The van der Waals surface area contributed by atoms with Crippen molar-refractivity contribution in [3.63, 3.8) is 0 Å². The monoisotopic (exact) mass is 357 g/mol. The molecule has 0 N–H and O–H groups in total. The molecule has 0 atom stereocenters. The fraction of sp³-hybridized carbons (Fsp3) is 0.350. The first-order valence-electron chi connectivity index (χ1n) is 8.65. The van der Waals surface area contributed by atoms with Crippen LogP contribution >= 0.6 is 0 Å². The predicted octanol–water partition coefficient (Wildman–Crippen LogP) is 3.49. The Labute approximate surface area is 149 Å². The van der Waals surface area contributed by atoms with E-state index in [0.717, 1.165) is 28.8 Å². The zero-order valence-electron chi connectivity index (χ0n) is 14.4. The number of nitrogens with zero attached hydrogens (tertiary/aromatic N) is 1. The van der Waals surface area contributed by atoms with Crippen LogP contribution in [0.5, 0.6) is 0 Å². The van der Waals surface area contributed by atoms with Crippen LogP contribution in [0.15, 0.2) is 48.5 Å². The smallest absolute Gasteiger partial charge is 0.227 e. The van der Waals surface area contributed by atoms with Crippen LogP contribution in [0.1, 0.15) is 36.5 Å². The van der Waals surface area contributed by atoms with Crippen molar-refractivity contribution in [3.05, 3.63) is 65.2 Å². The number of rotatable bonds is 6. The Balaban J connectivity index is 1.79. The third kappa shape index (κ3) is 4.28. The van der Waals surface area contributed by atoms with Crippen molar-refractivity contribution in [3.8, 4) is 0 Å². The Hall–Kier alpha value is -2.14. The summed E-state index contributed by atoms with van der Waals surface area (Å²) in [6, 6.07) is 14.9. The second-order valence-electron chi connectivity index (χ2n) is 6.53. The number of carbonyl (C=O) groups excluding carboxylic acids is 1.